The Morgan fingerprint density at radius 1 is 1.24 bits per heavy atom. The van der Waals surface area contributed by atoms with Gasteiger partial charge in [0.15, 0.2) is 0 Å². The van der Waals surface area contributed by atoms with E-state index in [-0.39, 0.29) is 43.1 Å². The highest BCUT2D eigenvalue weighted by Crippen LogP contribution is 2.29. The monoisotopic (exact) mass is 538 g/mol. The molecule has 1 aliphatic heterocycles. The van der Waals surface area contributed by atoms with Crippen LogP contribution in [0.1, 0.15) is 70.7 Å². The van der Waals surface area contributed by atoms with E-state index in [1.54, 1.807) is 11.3 Å². The van der Waals surface area contributed by atoms with Gasteiger partial charge in [-0.2, -0.15) is 0 Å². The highest BCUT2D eigenvalue weighted by molar-refractivity contribution is 7.13. The van der Waals surface area contributed by atoms with Gasteiger partial charge >= 0.3 is 0 Å². The number of β-amino-alcohol motifs (C(OH)–C–C–N with tert-alkyl or cyclic N) is 1. The molecule has 38 heavy (non-hydrogen) atoms. The molecule has 9 heteroatoms. The second-order valence-electron chi connectivity index (χ2n) is 10.9. The van der Waals surface area contributed by atoms with E-state index in [1.807, 2.05) is 64.4 Å². The molecule has 3 N–H and O–H groups in total. The van der Waals surface area contributed by atoms with Crippen molar-refractivity contribution in [2.75, 3.05) is 6.54 Å². The molecule has 3 rings (SSSR count). The number of nitrogens with one attached hydrogen (secondary N) is 2. The molecule has 8 nitrogen and oxygen atoms in total. The lowest BCUT2D eigenvalue weighted by atomic mass is 9.85. The Kier molecular flexibility index (Phi) is 9.69. The van der Waals surface area contributed by atoms with Crippen LogP contribution in [0, 0.1) is 24.7 Å². The van der Waals surface area contributed by atoms with E-state index in [9.17, 15) is 19.5 Å². The quantitative estimate of drug-likeness (QED) is 0.334. The smallest absolute Gasteiger partial charge is 0.246 e. The standard InChI is InChI=1S/C29H38N4O4S/c1-7-8-9-10-24(35)32-26(29(4,5)6)28(37)33-16-22(34)15-23(33)27(36)31-18(2)20-11-13-21(14-12-20)25-19(3)30-17-38-25/h1,11-14,17-18,22-23,26,34H,8-10,15-16H2,2-6H3,(H,31,36)(H,32,35)/t18-,22+,23-,26+/m0/s1. The summed E-state index contributed by atoms with van der Waals surface area (Å²) in [6.45, 7) is 9.47. The molecule has 1 saturated heterocycles. The van der Waals surface area contributed by atoms with Crippen molar-refractivity contribution in [3.8, 4) is 22.8 Å². The topological polar surface area (TPSA) is 112 Å². The van der Waals surface area contributed by atoms with E-state index >= 15 is 0 Å². The van der Waals surface area contributed by atoms with Crippen LogP contribution in [0.15, 0.2) is 29.8 Å². The van der Waals surface area contributed by atoms with Crippen molar-refractivity contribution in [2.24, 2.45) is 5.41 Å². The number of hydrogen-bond donors (Lipinski definition) is 3. The van der Waals surface area contributed by atoms with Crippen LogP contribution in [0.25, 0.3) is 10.4 Å². The third-order valence-electron chi connectivity index (χ3n) is 6.79. The Morgan fingerprint density at radius 3 is 2.50 bits per heavy atom. The summed E-state index contributed by atoms with van der Waals surface area (Å²) in [6.07, 6.45) is 5.82. The highest BCUT2D eigenvalue weighted by atomic mass is 32.1. The zero-order valence-electron chi connectivity index (χ0n) is 22.8. The maximum atomic E-state index is 13.6. The number of rotatable bonds is 9. The van der Waals surface area contributed by atoms with Crippen LogP contribution in [0.4, 0.5) is 0 Å². The molecule has 0 radical (unpaired) electrons. The molecule has 0 saturated carbocycles. The molecule has 3 amide bonds. The van der Waals surface area contributed by atoms with Crippen LogP contribution in [0.5, 0.6) is 0 Å². The Morgan fingerprint density at radius 2 is 1.92 bits per heavy atom. The molecule has 1 aliphatic rings. The second kappa shape index (κ2) is 12.5. The van der Waals surface area contributed by atoms with Crippen LogP contribution < -0.4 is 10.6 Å². The number of hydrogen-bond acceptors (Lipinski definition) is 6. The molecule has 0 aliphatic carbocycles. The first-order valence-corrected chi connectivity index (χ1v) is 13.8. The lowest BCUT2D eigenvalue weighted by Gasteiger charge is -2.35. The lowest BCUT2D eigenvalue weighted by Crippen LogP contribution is -2.57. The van der Waals surface area contributed by atoms with Gasteiger partial charge in [-0.1, -0.05) is 45.0 Å². The van der Waals surface area contributed by atoms with Crippen LogP contribution in [-0.2, 0) is 14.4 Å². The van der Waals surface area contributed by atoms with Crippen LogP contribution in [0.2, 0.25) is 0 Å². The molecule has 1 aromatic heterocycles. The van der Waals surface area contributed by atoms with Crippen molar-refractivity contribution in [2.45, 2.75) is 84.5 Å². The van der Waals surface area contributed by atoms with Gasteiger partial charge in [0.1, 0.15) is 12.1 Å². The van der Waals surface area contributed by atoms with Gasteiger partial charge in [0.25, 0.3) is 0 Å². The molecule has 1 aromatic carbocycles. The predicted molar refractivity (Wildman–Crippen MR) is 149 cm³/mol. The molecule has 204 valence electrons. The normalized spacial score (nSPS) is 18.9. The number of likely N-dealkylation sites (tertiary alicyclic amines) is 1. The number of carbonyl (C=O) groups excluding carboxylic acids is 3. The van der Waals surface area contributed by atoms with Gasteiger partial charge in [-0.05, 0) is 36.8 Å². The number of amides is 3. The first kappa shape index (κ1) is 29.3. The maximum absolute atomic E-state index is 13.6. The lowest BCUT2D eigenvalue weighted by molar-refractivity contribution is -0.144. The third kappa shape index (κ3) is 7.21. The molecule has 2 aromatic rings. The highest BCUT2D eigenvalue weighted by Gasteiger charge is 2.44. The number of unbranched alkanes of at least 4 members (excludes halogenated alkanes) is 1. The molecule has 0 unspecified atom stereocenters. The van der Waals surface area contributed by atoms with E-state index in [1.165, 1.54) is 4.90 Å². The van der Waals surface area contributed by atoms with E-state index in [2.05, 4.69) is 21.5 Å². The van der Waals surface area contributed by atoms with Crippen LogP contribution in [-0.4, -0.2) is 57.4 Å². The zero-order valence-corrected chi connectivity index (χ0v) is 23.6. The van der Waals surface area contributed by atoms with Gasteiger partial charge in [0.05, 0.1) is 28.2 Å². The Bertz CT molecular complexity index is 1180. The van der Waals surface area contributed by atoms with E-state index in [0.717, 1.165) is 21.7 Å². The number of thiazole rings is 1. The summed E-state index contributed by atoms with van der Waals surface area (Å²) in [6, 6.07) is 5.97. The maximum Gasteiger partial charge on any atom is 0.246 e. The number of nitrogens with zero attached hydrogens (tertiary/aromatic N) is 2. The van der Waals surface area contributed by atoms with Gasteiger partial charge in [0, 0.05) is 25.8 Å². The van der Waals surface area contributed by atoms with Gasteiger partial charge in [-0.25, -0.2) is 4.98 Å². The van der Waals surface area contributed by atoms with E-state index in [0.29, 0.717) is 12.8 Å². The zero-order chi connectivity index (χ0) is 28.0. The minimum absolute atomic E-state index is 0.0355. The average molecular weight is 539 g/mol. The van der Waals surface area contributed by atoms with Crippen molar-refractivity contribution >= 4 is 29.1 Å². The average Bonchev–Trinajstić information content (AvgIpc) is 3.47. The molecule has 2 heterocycles. The Balaban J connectivity index is 1.70. The minimum Gasteiger partial charge on any atom is -0.391 e. The molecular formula is C29H38N4O4S. The molecule has 0 spiro atoms. The van der Waals surface area contributed by atoms with Gasteiger partial charge in [-0.15, -0.1) is 23.7 Å². The number of benzene rings is 1. The number of carbonyl (C=O) groups is 3. The van der Waals surface area contributed by atoms with Crippen molar-refractivity contribution in [3.05, 3.63) is 41.0 Å². The van der Waals surface area contributed by atoms with E-state index in [4.69, 9.17) is 6.42 Å². The van der Waals surface area contributed by atoms with Gasteiger partial charge < -0.3 is 20.6 Å². The van der Waals surface area contributed by atoms with Crippen LogP contribution >= 0.6 is 11.3 Å². The fourth-order valence-electron chi connectivity index (χ4n) is 4.60. The summed E-state index contributed by atoms with van der Waals surface area (Å²) >= 11 is 1.58. The SMILES string of the molecule is C#CCCCC(=O)N[C@H](C(=O)N1C[C@H](O)C[C@H]1C(=O)N[C@@H](C)c1ccc(-c2scnc2C)cc1)C(C)(C)C. The first-order chi connectivity index (χ1) is 17.9. The van der Waals surface area contributed by atoms with Crippen LogP contribution in [0.3, 0.4) is 0 Å². The van der Waals surface area contributed by atoms with Crippen molar-refractivity contribution in [1.82, 2.24) is 20.5 Å². The summed E-state index contributed by atoms with van der Waals surface area (Å²) in [4.78, 5) is 46.3. The Hall–Kier alpha value is -3.22. The summed E-state index contributed by atoms with van der Waals surface area (Å²) in [5.74, 6) is 1.53. The number of aromatic nitrogens is 1. The molecule has 1 fully saturated rings. The Labute approximate surface area is 229 Å². The van der Waals surface area contributed by atoms with Crippen molar-refractivity contribution < 1.29 is 19.5 Å². The summed E-state index contributed by atoms with van der Waals surface area (Å²) in [5, 5.41) is 16.2. The van der Waals surface area contributed by atoms with Gasteiger partial charge in [0.2, 0.25) is 17.7 Å². The largest absolute Gasteiger partial charge is 0.391 e. The fraction of sp³-hybridized carbons (Fsp3) is 0.517. The third-order valence-corrected chi connectivity index (χ3v) is 7.76. The summed E-state index contributed by atoms with van der Waals surface area (Å²) in [5.41, 5.74) is 4.19. The molecule has 0 bridgehead atoms. The predicted octanol–water partition coefficient (Wildman–Crippen LogP) is 3.59. The molecule has 4 atom stereocenters. The number of aryl methyl sites for hydroxylation is 1. The number of aliphatic hydroxyl groups excluding tert-OH is 1. The van der Waals surface area contributed by atoms with Gasteiger partial charge in [-0.3, -0.25) is 14.4 Å². The fourth-order valence-corrected chi connectivity index (χ4v) is 5.41. The van der Waals surface area contributed by atoms with E-state index < -0.39 is 23.6 Å². The molecular weight excluding hydrogens is 500 g/mol. The number of terminal acetylenes is 1. The minimum atomic E-state index is -0.846. The number of aliphatic hydroxyl groups is 1. The van der Waals surface area contributed by atoms with Crippen molar-refractivity contribution in [1.29, 1.82) is 0 Å². The summed E-state index contributed by atoms with van der Waals surface area (Å²) < 4.78 is 0. The summed E-state index contributed by atoms with van der Waals surface area (Å²) in [7, 11) is 0. The first-order valence-electron chi connectivity index (χ1n) is 12.9. The van der Waals surface area contributed by atoms with Crippen molar-refractivity contribution in [3.63, 3.8) is 0 Å². The second-order valence-corrected chi connectivity index (χ2v) is 11.8.